The highest BCUT2D eigenvalue weighted by Crippen LogP contribution is 2.21. The highest BCUT2D eigenvalue weighted by molar-refractivity contribution is 5.79. The molecule has 0 radical (unpaired) electrons. The molecule has 0 spiro atoms. The summed E-state index contributed by atoms with van der Waals surface area (Å²) < 4.78 is 4.18. The van der Waals surface area contributed by atoms with Gasteiger partial charge in [-0.05, 0) is 43.5 Å². The van der Waals surface area contributed by atoms with Crippen molar-refractivity contribution in [2.75, 3.05) is 26.2 Å². The molecule has 0 atom stereocenters. The molecule has 2 aromatic heterocycles. The van der Waals surface area contributed by atoms with Crippen molar-refractivity contribution in [1.82, 2.24) is 19.2 Å². The van der Waals surface area contributed by atoms with Gasteiger partial charge in [0.05, 0.1) is 30.5 Å². The topological polar surface area (TPSA) is 47.5 Å². The quantitative estimate of drug-likeness (QED) is 0.692. The van der Waals surface area contributed by atoms with Crippen LogP contribution in [0.4, 0.5) is 0 Å². The lowest BCUT2D eigenvalue weighted by Gasteiger charge is -2.34. The Morgan fingerprint density at radius 3 is 2.39 bits per heavy atom. The van der Waals surface area contributed by atoms with Crippen LogP contribution in [0, 0.1) is 5.92 Å². The number of likely N-dealkylation sites (tertiary alicyclic amines) is 2. The summed E-state index contributed by atoms with van der Waals surface area (Å²) in [6.45, 7) is 4.96. The number of rotatable bonds is 5. The molecule has 2 fully saturated rings. The van der Waals surface area contributed by atoms with Gasteiger partial charge in [-0.15, -0.1) is 0 Å². The van der Waals surface area contributed by atoms with Crippen LogP contribution in [0.25, 0.3) is 11.5 Å². The number of benzene rings is 1. The number of para-hydroxylation sites is 1. The number of nitrogens with zero attached hydrogens (tertiary/aromatic N) is 4. The predicted octanol–water partition coefficient (Wildman–Crippen LogP) is 2.47. The summed E-state index contributed by atoms with van der Waals surface area (Å²) in [4.78, 5) is 16.6. The van der Waals surface area contributed by atoms with Gasteiger partial charge in [0.25, 0.3) is 0 Å². The van der Waals surface area contributed by atoms with E-state index in [1.165, 1.54) is 24.8 Å². The van der Waals surface area contributed by atoms with Crippen molar-refractivity contribution in [3.05, 3.63) is 66.6 Å². The summed E-state index contributed by atoms with van der Waals surface area (Å²) in [5.41, 5.74) is 2.31. The standard InChI is InChI=1S/C25H31N5O/c31-25(29-15-5-2-6-16-29)21-11-17-27(18-12-21)20-22-19-26-30(23-9-3-1-4-10-23)24(22)28-13-7-8-14-28/h1,3-4,7-10,13-14,19,21H,2,5-6,11-12,15-18,20H2/p+1. The van der Waals surface area contributed by atoms with Crippen LogP contribution in [0.1, 0.15) is 37.7 Å². The first kappa shape index (κ1) is 20.1. The molecular formula is C25H32N5O+. The second kappa shape index (κ2) is 9.10. The Labute approximate surface area is 184 Å². The van der Waals surface area contributed by atoms with Crippen LogP contribution < -0.4 is 4.90 Å². The van der Waals surface area contributed by atoms with Crippen LogP contribution in [-0.4, -0.2) is 51.3 Å². The molecule has 2 saturated heterocycles. The van der Waals surface area contributed by atoms with Gasteiger partial charge in [-0.2, -0.15) is 5.10 Å². The minimum absolute atomic E-state index is 0.220. The third-order valence-corrected chi connectivity index (χ3v) is 6.82. The smallest absolute Gasteiger partial charge is 0.226 e. The van der Waals surface area contributed by atoms with Gasteiger partial charge in [0.1, 0.15) is 12.4 Å². The SMILES string of the molecule is O=C(C1CC[NH+](Cc2cnn(-c3ccccc3)c2-n2cccc2)CC1)N1CCCCC1. The molecule has 1 aromatic carbocycles. The lowest BCUT2D eigenvalue weighted by atomic mass is 9.94. The van der Waals surface area contributed by atoms with E-state index in [0.717, 1.165) is 57.1 Å². The van der Waals surface area contributed by atoms with Gasteiger partial charge in [-0.25, -0.2) is 4.68 Å². The zero-order valence-electron chi connectivity index (χ0n) is 18.1. The maximum atomic E-state index is 12.9. The molecule has 1 amide bonds. The number of nitrogens with one attached hydrogen (secondary N) is 1. The number of aromatic nitrogens is 3. The molecule has 2 aliphatic heterocycles. The van der Waals surface area contributed by atoms with Gasteiger partial charge in [0, 0.05) is 44.2 Å². The van der Waals surface area contributed by atoms with Crippen molar-refractivity contribution < 1.29 is 9.69 Å². The largest absolute Gasteiger partial charge is 0.342 e. The van der Waals surface area contributed by atoms with Crippen molar-refractivity contribution in [3.63, 3.8) is 0 Å². The zero-order valence-corrected chi connectivity index (χ0v) is 18.1. The van der Waals surface area contributed by atoms with E-state index in [4.69, 9.17) is 5.10 Å². The molecule has 3 aromatic rings. The molecule has 1 N–H and O–H groups in total. The summed E-state index contributed by atoms with van der Waals surface area (Å²) in [6, 6.07) is 14.4. The number of amides is 1. The minimum atomic E-state index is 0.220. The average molecular weight is 419 g/mol. The molecule has 0 saturated carbocycles. The van der Waals surface area contributed by atoms with Crippen LogP contribution in [0.3, 0.4) is 0 Å². The number of hydrogen-bond donors (Lipinski definition) is 1. The number of hydrogen-bond acceptors (Lipinski definition) is 2. The third kappa shape index (κ3) is 4.30. The number of piperidine rings is 2. The molecule has 5 rings (SSSR count). The van der Waals surface area contributed by atoms with Gasteiger partial charge in [0.2, 0.25) is 5.91 Å². The van der Waals surface area contributed by atoms with Gasteiger partial charge >= 0.3 is 0 Å². The monoisotopic (exact) mass is 418 g/mol. The molecule has 0 aliphatic carbocycles. The number of quaternary nitrogens is 1. The molecule has 4 heterocycles. The normalized spacial score (nSPS) is 21.9. The van der Waals surface area contributed by atoms with Crippen LogP contribution >= 0.6 is 0 Å². The number of carbonyl (C=O) groups is 1. The van der Waals surface area contributed by atoms with E-state index in [-0.39, 0.29) is 5.92 Å². The van der Waals surface area contributed by atoms with Gasteiger partial charge in [-0.3, -0.25) is 4.79 Å². The van der Waals surface area contributed by atoms with E-state index >= 15 is 0 Å². The van der Waals surface area contributed by atoms with Gasteiger partial charge in [0.15, 0.2) is 0 Å². The Hall–Kier alpha value is -2.86. The first-order valence-electron chi connectivity index (χ1n) is 11.7. The molecule has 31 heavy (non-hydrogen) atoms. The lowest BCUT2D eigenvalue weighted by molar-refractivity contribution is -0.919. The molecule has 0 bridgehead atoms. The van der Waals surface area contributed by atoms with Crippen molar-refractivity contribution in [1.29, 1.82) is 0 Å². The van der Waals surface area contributed by atoms with Crippen LogP contribution in [-0.2, 0) is 11.3 Å². The second-order valence-corrected chi connectivity index (χ2v) is 8.92. The van der Waals surface area contributed by atoms with E-state index < -0.39 is 0 Å². The Bertz CT molecular complexity index is 980. The predicted molar refractivity (Wildman–Crippen MR) is 120 cm³/mol. The fourth-order valence-electron chi connectivity index (χ4n) is 5.10. The summed E-state index contributed by atoms with van der Waals surface area (Å²) in [5, 5.41) is 4.73. The first-order chi connectivity index (χ1) is 15.3. The Balaban J connectivity index is 1.29. The average Bonchev–Trinajstić information content (AvgIpc) is 3.50. The molecule has 162 valence electrons. The van der Waals surface area contributed by atoms with Gasteiger partial charge in [-0.1, -0.05) is 18.2 Å². The Kier molecular flexibility index (Phi) is 5.89. The maximum Gasteiger partial charge on any atom is 0.226 e. The van der Waals surface area contributed by atoms with Gasteiger partial charge < -0.3 is 14.4 Å². The summed E-state index contributed by atoms with van der Waals surface area (Å²) in [5.74, 6) is 1.73. The Morgan fingerprint density at radius 1 is 0.968 bits per heavy atom. The maximum absolute atomic E-state index is 12.9. The zero-order chi connectivity index (χ0) is 21.0. The van der Waals surface area contributed by atoms with E-state index in [1.54, 1.807) is 4.90 Å². The number of carbonyl (C=O) groups excluding carboxylic acids is 1. The van der Waals surface area contributed by atoms with Crippen molar-refractivity contribution in [2.24, 2.45) is 5.92 Å². The van der Waals surface area contributed by atoms with E-state index in [1.807, 2.05) is 29.1 Å². The fourth-order valence-corrected chi connectivity index (χ4v) is 5.10. The van der Waals surface area contributed by atoms with Crippen LogP contribution in [0.5, 0.6) is 0 Å². The first-order valence-corrected chi connectivity index (χ1v) is 11.7. The van der Waals surface area contributed by atoms with E-state index in [9.17, 15) is 4.79 Å². The molecular weight excluding hydrogens is 386 g/mol. The van der Waals surface area contributed by atoms with Crippen molar-refractivity contribution in [2.45, 2.75) is 38.6 Å². The summed E-state index contributed by atoms with van der Waals surface area (Å²) in [7, 11) is 0. The van der Waals surface area contributed by atoms with E-state index in [0.29, 0.717) is 5.91 Å². The summed E-state index contributed by atoms with van der Waals surface area (Å²) >= 11 is 0. The molecule has 0 unspecified atom stereocenters. The van der Waals surface area contributed by atoms with Crippen LogP contribution in [0.15, 0.2) is 61.1 Å². The molecule has 6 heteroatoms. The van der Waals surface area contributed by atoms with E-state index in [2.05, 4.69) is 46.1 Å². The van der Waals surface area contributed by atoms with Crippen molar-refractivity contribution >= 4 is 5.91 Å². The molecule has 2 aliphatic rings. The fraction of sp³-hybridized carbons (Fsp3) is 0.440. The second-order valence-electron chi connectivity index (χ2n) is 8.92. The van der Waals surface area contributed by atoms with Crippen LogP contribution in [0.2, 0.25) is 0 Å². The third-order valence-electron chi connectivity index (χ3n) is 6.82. The minimum Gasteiger partial charge on any atom is -0.342 e. The molecule has 6 nitrogen and oxygen atoms in total. The Morgan fingerprint density at radius 2 is 1.68 bits per heavy atom. The lowest BCUT2D eigenvalue weighted by Crippen LogP contribution is -3.11. The highest BCUT2D eigenvalue weighted by atomic mass is 16.2. The van der Waals surface area contributed by atoms with Crippen molar-refractivity contribution in [3.8, 4) is 11.5 Å². The summed E-state index contributed by atoms with van der Waals surface area (Å²) in [6.07, 6.45) is 11.8. The highest BCUT2D eigenvalue weighted by Gasteiger charge is 2.31.